The number of aliphatic hydroxyl groups excluding tert-OH is 1. The van der Waals surface area contributed by atoms with Crippen LogP contribution in [0.25, 0.3) is 11.4 Å². The summed E-state index contributed by atoms with van der Waals surface area (Å²) >= 11 is 6.12. The highest BCUT2D eigenvalue weighted by molar-refractivity contribution is 6.33. The lowest BCUT2D eigenvalue weighted by molar-refractivity contribution is 0.276. The topological polar surface area (TPSA) is 38.1 Å². The second-order valence-corrected chi connectivity index (χ2v) is 4.07. The second kappa shape index (κ2) is 4.28. The maximum Gasteiger partial charge on any atom is 0.141 e. The second-order valence-electron chi connectivity index (χ2n) is 3.66. The SMILES string of the molecule is Cc1c(CO)nc(-c2ccccc2Cl)n1C. The molecular weight excluding hydrogens is 224 g/mol. The van der Waals surface area contributed by atoms with Crippen molar-refractivity contribution in [3.63, 3.8) is 0 Å². The molecule has 1 aromatic heterocycles. The fourth-order valence-corrected chi connectivity index (χ4v) is 1.89. The molecule has 0 aliphatic carbocycles. The third kappa shape index (κ3) is 1.72. The molecule has 0 saturated carbocycles. The van der Waals surface area contributed by atoms with E-state index in [1.807, 2.05) is 42.8 Å². The minimum absolute atomic E-state index is 0.0515. The zero-order valence-corrected chi connectivity index (χ0v) is 9.99. The molecule has 0 aliphatic rings. The summed E-state index contributed by atoms with van der Waals surface area (Å²) in [6.45, 7) is 1.88. The van der Waals surface area contributed by atoms with Gasteiger partial charge in [-0.1, -0.05) is 23.7 Å². The van der Waals surface area contributed by atoms with Crippen molar-refractivity contribution >= 4 is 11.6 Å². The number of benzene rings is 1. The third-order valence-corrected chi connectivity index (χ3v) is 3.07. The predicted octanol–water partition coefficient (Wildman–Crippen LogP) is 2.54. The van der Waals surface area contributed by atoms with Crippen LogP contribution in [0.15, 0.2) is 24.3 Å². The Labute approximate surface area is 99.3 Å². The fraction of sp³-hybridized carbons (Fsp3) is 0.250. The highest BCUT2D eigenvalue weighted by atomic mass is 35.5. The number of imidazole rings is 1. The van der Waals surface area contributed by atoms with E-state index in [9.17, 15) is 0 Å². The summed E-state index contributed by atoms with van der Waals surface area (Å²) in [6.07, 6.45) is 0. The molecule has 1 aromatic carbocycles. The average Bonchev–Trinajstić information content (AvgIpc) is 2.57. The van der Waals surface area contributed by atoms with Crippen molar-refractivity contribution in [1.82, 2.24) is 9.55 Å². The maximum absolute atomic E-state index is 9.16. The van der Waals surface area contributed by atoms with Crippen molar-refractivity contribution in [2.24, 2.45) is 7.05 Å². The normalized spacial score (nSPS) is 10.8. The highest BCUT2D eigenvalue weighted by Crippen LogP contribution is 2.27. The Morgan fingerprint density at radius 3 is 2.62 bits per heavy atom. The number of halogens is 1. The standard InChI is InChI=1S/C12H13ClN2O/c1-8-11(7-16)14-12(15(8)2)9-5-3-4-6-10(9)13/h3-6,16H,7H2,1-2H3. The van der Waals surface area contributed by atoms with E-state index < -0.39 is 0 Å². The smallest absolute Gasteiger partial charge is 0.141 e. The zero-order valence-electron chi connectivity index (χ0n) is 9.24. The van der Waals surface area contributed by atoms with Gasteiger partial charge in [0.05, 0.1) is 17.3 Å². The molecular formula is C12H13ClN2O. The van der Waals surface area contributed by atoms with Gasteiger partial charge in [0.1, 0.15) is 5.82 Å². The summed E-state index contributed by atoms with van der Waals surface area (Å²) in [4.78, 5) is 4.39. The van der Waals surface area contributed by atoms with Crippen molar-refractivity contribution in [3.8, 4) is 11.4 Å². The number of aromatic nitrogens is 2. The zero-order chi connectivity index (χ0) is 11.7. The molecule has 0 atom stereocenters. The van der Waals surface area contributed by atoms with E-state index in [1.165, 1.54) is 0 Å². The maximum atomic E-state index is 9.16. The van der Waals surface area contributed by atoms with E-state index in [-0.39, 0.29) is 6.61 Å². The molecule has 2 aromatic rings. The van der Waals surface area contributed by atoms with E-state index in [0.717, 1.165) is 17.1 Å². The molecule has 3 nitrogen and oxygen atoms in total. The largest absolute Gasteiger partial charge is 0.390 e. The van der Waals surface area contributed by atoms with E-state index >= 15 is 0 Å². The molecule has 0 unspecified atom stereocenters. The Hall–Kier alpha value is -1.32. The minimum atomic E-state index is -0.0515. The molecule has 4 heteroatoms. The molecule has 0 spiro atoms. The van der Waals surface area contributed by atoms with Gasteiger partial charge >= 0.3 is 0 Å². The summed E-state index contributed by atoms with van der Waals surface area (Å²) in [6, 6.07) is 7.56. The van der Waals surface area contributed by atoms with Crippen LogP contribution < -0.4 is 0 Å². The van der Waals surface area contributed by atoms with Gasteiger partial charge in [0.15, 0.2) is 0 Å². The van der Waals surface area contributed by atoms with Crippen molar-refractivity contribution < 1.29 is 5.11 Å². The molecule has 16 heavy (non-hydrogen) atoms. The van der Waals surface area contributed by atoms with Gasteiger partial charge in [-0.25, -0.2) is 4.98 Å². The number of nitrogens with zero attached hydrogens (tertiary/aromatic N) is 2. The van der Waals surface area contributed by atoms with Crippen LogP contribution in [0.5, 0.6) is 0 Å². The summed E-state index contributed by atoms with van der Waals surface area (Å²) in [5, 5.41) is 9.83. The molecule has 2 rings (SSSR count). The first-order chi connectivity index (χ1) is 7.65. The van der Waals surface area contributed by atoms with Crippen LogP contribution in [0.2, 0.25) is 5.02 Å². The molecule has 0 saturated heterocycles. The van der Waals surface area contributed by atoms with E-state index in [1.54, 1.807) is 0 Å². The molecule has 1 N–H and O–H groups in total. The summed E-state index contributed by atoms with van der Waals surface area (Å²) in [7, 11) is 1.92. The number of hydrogen-bond donors (Lipinski definition) is 1. The van der Waals surface area contributed by atoms with Gasteiger partial charge in [-0.3, -0.25) is 0 Å². The Morgan fingerprint density at radius 2 is 2.06 bits per heavy atom. The van der Waals surface area contributed by atoms with E-state index in [2.05, 4.69) is 4.98 Å². The van der Waals surface area contributed by atoms with Gasteiger partial charge < -0.3 is 9.67 Å². The van der Waals surface area contributed by atoms with E-state index in [4.69, 9.17) is 16.7 Å². The number of rotatable bonds is 2. The predicted molar refractivity (Wildman–Crippen MR) is 64.3 cm³/mol. The first kappa shape index (κ1) is 11.2. The van der Waals surface area contributed by atoms with Gasteiger partial charge in [-0.15, -0.1) is 0 Å². The van der Waals surface area contributed by atoms with Crippen molar-refractivity contribution in [3.05, 3.63) is 40.7 Å². The molecule has 0 bridgehead atoms. The van der Waals surface area contributed by atoms with Crippen LogP contribution in [0, 0.1) is 6.92 Å². The first-order valence-corrected chi connectivity index (χ1v) is 5.41. The Morgan fingerprint density at radius 1 is 1.38 bits per heavy atom. The summed E-state index contributed by atoms with van der Waals surface area (Å²) < 4.78 is 1.94. The van der Waals surface area contributed by atoms with Gasteiger partial charge in [0, 0.05) is 18.3 Å². The van der Waals surface area contributed by atoms with Crippen molar-refractivity contribution in [1.29, 1.82) is 0 Å². The monoisotopic (exact) mass is 236 g/mol. The van der Waals surface area contributed by atoms with Gasteiger partial charge in [0.2, 0.25) is 0 Å². The lowest BCUT2D eigenvalue weighted by atomic mass is 10.2. The van der Waals surface area contributed by atoms with Crippen LogP contribution >= 0.6 is 11.6 Å². The molecule has 1 heterocycles. The Balaban J connectivity index is 2.61. The molecule has 0 fully saturated rings. The lowest BCUT2D eigenvalue weighted by Crippen LogP contribution is -1.95. The van der Waals surface area contributed by atoms with Gasteiger partial charge in [-0.2, -0.15) is 0 Å². The number of aliphatic hydroxyl groups is 1. The van der Waals surface area contributed by atoms with Crippen molar-refractivity contribution in [2.75, 3.05) is 0 Å². The molecule has 0 radical (unpaired) electrons. The lowest BCUT2D eigenvalue weighted by Gasteiger charge is -2.04. The van der Waals surface area contributed by atoms with Crippen LogP contribution in [-0.4, -0.2) is 14.7 Å². The van der Waals surface area contributed by atoms with E-state index in [0.29, 0.717) is 10.7 Å². The van der Waals surface area contributed by atoms with Crippen LogP contribution in [0.1, 0.15) is 11.4 Å². The van der Waals surface area contributed by atoms with Crippen molar-refractivity contribution in [2.45, 2.75) is 13.5 Å². The Bertz CT molecular complexity index is 520. The third-order valence-electron chi connectivity index (χ3n) is 2.74. The summed E-state index contributed by atoms with van der Waals surface area (Å²) in [5.74, 6) is 0.784. The minimum Gasteiger partial charge on any atom is -0.390 e. The molecule has 0 aliphatic heterocycles. The highest BCUT2D eigenvalue weighted by Gasteiger charge is 2.13. The molecule has 0 amide bonds. The van der Waals surface area contributed by atoms with Gasteiger partial charge in [0.25, 0.3) is 0 Å². The summed E-state index contributed by atoms with van der Waals surface area (Å²) in [5.41, 5.74) is 2.53. The quantitative estimate of drug-likeness (QED) is 0.870. The number of hydrogen-bond acceptors (Lipinski definition) is 2. The fourth-order valence-electron chi connectivity index (χ4n) is 1.67. The van der Waals surface area contributed by atoms with Crippen LogP contribution in [0.3, 0.4) is 0 Å². The van der Waals surface area contributed by atoms with Crippen LogP contribution in [-0.2, 0) is 13.7 Å². The first-order valence-electron chi connectivity index (χ1n) is 5.03. The van der Waals surface area contributed by atoms with Crippen LogP contribution in [0.4, 0.5) is 0 Å². The average molecular weight is 237 g/mol. The Kier molecular flexibility index (Phi) is 2.99. The molecule has 84 valence electrons. The van der Waals surface area contributed by atoms with Gasteiger partial charge in [-0.05, 0) is 19.1 Å².